The molecule has 0 fully saturated rings. The Labute approximate surface area is 123 Å². The van der Waals surface area contributed by atoms with Crippen LogP contribution in [0.1, 0.15) is 32.9 Å². The van der Waals surface area contributed by atoms with Gasteiger partial charge in [0.2, 0.25) is 0 Å². The first-order valence-corrected chi connectivity index (χ1v) is 6.83. The first-order valence-electron chi connectivity index (χ1n) is 6.83. The van der Waals surface area contributed by atoms with E-state index in [1.807, 2.05) is 6.07 Å². The highest BCUT2D eigenvalue weighted by Gasteiger charge is 2.19. The maximum absolute atomic E-state index is 11.7. The Hall–Kier alpha value is -2.21. The molecule has 1 aromatic heterocycles. The molecule has 0 aliphatic heterocycles. The maximum Gasteiger partial charge on any atom is 0.360 e. The lowest BCUT2D eigenvalue weighted by atomic mass is 10.1. The number of rotatable bonds is 5. The molecule has 0 unspecified atom stereocenters. The number of benzene rings is 1. The molecule has 112 valence electrons. The van der Waals surface area contributed by atoms with Gasteiger partial charge in [-0.3, -0.25) is 0 Å². The summed E-state index contributed by atoms with van der Waals surface area (Å²) >= 11 is 0. The predicted molar refractivity (Wildman–Crippen MR) is 79.1 cm³/mol. The Morgan fingerprint density at radius 1 is 1.33 bits per heavy atom. The van der Waals surface area contributed by atoms with Gasteiger partial charge in [-0.25, -0.2) is 9.48 Å². The van der Waals surface area contributed by atoms with Crippen LogP contribution in [0.2, 0.25) is 0 Å². The zero-order valence-corrected chi connectivity index (χ0v) is 12.6. The lowest BCUT2D eigenvalue weighted by Gasteiger charge is -2.08. The van der Waals surface area contributed by atoms with Crippen LogP contribution in [0.25, 0.3) is 0 Å². The number of aryl methyl sites for hydroxylation is 2. The van der Waals surface area contributed by atoms with Crippen LogP contribution >= 0.6 is 0 Å². The van der Waals surface area contributed by atoms with E-state index >= 15 is 0 Å². The zero-order chi connectivity index (χ0) is 15.4. The van der Waals surface area contributed by atoms with E-state index in [-0.39, 0.29) is 5.69 Å². The molecule has 0 bridgehead atoms. The van der Waals surface area contributed by atoms with Crippen molar-refractivity contribution in [1.82, 2.24) is 15.0 Å². The summed E-state index contributed by atoms with van der Waals surface area (Å²) in [6, 6.07) is 6.24. The first-order chi connectivity index (χ1) is 10.1. The van der Waals surface area contributed by atoms with E-state index in [2.05, 4.69) is 36.3 Å². The number of nitrogens with zero attached hydrogens (tertiary/aromatic N) is 3. The molecule has 6 heteroatoms. The molecule has 0 aliphatic carbocycles. The first kappa shape index (κ1) is 15.2. The summed E-state index contributed by atoms with van der Waals surface area (Å²) in [5.41, 5.74) is 10.1. The lowest BCUT2D eigenvalue weighted by Crippen LogP contribution is -2.15. The van der Waals surface area contributed by atoms with Crippen LogP contribution in [0, 0.1) is 13.8 Å². The average Bonchev–Trinajstić information content (AvgIpc) is 2.85. The molecule has 0 radical (unpaired) electrons. The summed E-state index contributed by atoms with van der Waals surface area (Å²) < 4.78 is 6.44. The molecule has 0 atom stereocenters. The summed E-state index contributed by atoms with van der Waals surface area (Å²) in [4.78, 5) is 11.7. The third kappa shape index (κ3) is 3.28. The minimum Gasteiger partial charge on any atom is -0.464 e. The molecule has 1 heterocycles. The van der Waals surface area contributed by atoms with Gasteiger partial charge in [0, 0.05) is 6.42 Å². The number of aromatic nitrogens is 3. The SMILES string of the molecule is COC(=O)c1nnn(Cc2ccc(C)c(C)c2)c1CCN. The third-order valence-electron chi connectivity index (χ3n) is 3.50. The second-order valence-corrected chi connectivity index (χ2v) is 4.99. The van der Waals surface area contributed by atoms with Crippen molar-refractivity contribution in [3.8, 4) is 0 Å². The second kappa shape index (κ2) is 6.49. The van der Waals surface area contributed by atoms with Gasteiger partial charge in [-0.1, -0.05) is 23.4 Å². The monoisotopic (exact) mass is 288 g/mol. The molecule has 0 saturated heterocycles. The molecule has 2 N–H and O–H groups in total. The summed E-state index contributed by atoms with van der Waals surface area (Å²) in [6.07, 6.45) is 0.530. The van der Waals surface area contributed by atoms with Gasteiger partial charge in [-0.15, -0.1) is 5.10 Å². The van der Waals surface area contributed by atoms with E-state index in [0.717, 1.165) is 5.56 Å². The summed E-state index contributed by atoms with van der Waals surface area (Å²) in [5.74, 6) is -0.482. The molecular formula is C15H20N4O2. The van der Waals surface area contributed by atoms with Crippen molar-refractivity contribution in [2.75, 3.05) is 13.7 Å². The molecule has 0 amide bonds. The number of nitrogens with two attached hydrogens (primary N) is 1. The van der Waals surface area contributed by atoms with Gasteiger partial charge < -0.3 is 10.5 Å². The number of ether oxygens (including phenoxy) is 1. The Kier molecular flexibility index (Phi) is 4.70. The molecule has 2 rings (SSSR count). The average molecular weight is 288 g/mol. The maximum atomic E-state index is 11.7. The smallest absolute Gasteiger partial charge is 0.360 e. The van der Waals surface area contributed by atoms with Gasteiger partial charge in [0.05, 0.1) is 19.3 Å². The van der Waals surface area contributed by atoms with Crippen molar-refractivity contribution < 1.29 is 9.53 Å². The Balaban J connectivity index is 2.32. The van der Waals surface area contributed by atoms with Crippen molar-refractivity contribution in [2.45, 2.75) is 26.8 Å². The highest BCUT2D eigenvalue weighted by molar-refractivity contribution is 5.88. The van der Waals surface area contributed by atoms with Crippen LogP contribution < -0.4 is 5.73 Å². The van der Waals surface area contributed by atoms with E-state index in [1.54, 1.807) is 4.68 Å². The standard InChI is InChI=1S/C15H20N4O2/c1-10-4-5-12(8-11(10)2)9-19-13(6-7-16)14(17-18-19)15(20)21-3/h4-5,8H,6-7,9,16H2,1-3H3. The minimum absolute atomic E-state index is 0.242. The van der Waals surface area contributed by atoms with Crippen LogP contribution in [-0.2, 0) is 17.7 Å². The van der Waals surface area contributed by atoms with Gasteiger partial charge in [-0.05, 0) is 37.1 Å². The van der Waals surface area contributed by atoms with E-state index in [1.165, 1.54) is 18.2 Å². The van der Waals surface area contributed by atoms with E-state index in [0.29, 0.717) is 25.2 Å². The van der Waals surface area contributed by atoms with Crippen LogP contribution in [0.3, 0.4) is 0 Å². The van der Waals surface area contributed by atoms with Gasteiger partial charge >= 0.3 is 5.97 Å². The van der Waals surface area contributed by atoms with Crippen molar-refractivity contribution in [3.63, 3.8) is 0 Å². The van der Waals surface area contributed by atoms with E-state index < -0.39 is 5.97 Å². The van der Waals surface area contributed by atoms with Crippen LogP contribution in [0.5, 0.6) is 0 Å². The quantitative estimate of drug-likeness (QED) is 0.837. The molecule has 21 heavy (non-hydrogen) atoms. The van der Waals surface area contributed by atoms with E-state index in [9.17, 15) is 4.79 Å². The summed E-state index contributed by atoms with van der Waals surface area (Å²) in [7, 11) is 1.33. The minimum atomic E-state index is -0.482. The Morgan fingerprint density at radius 2 is 2.10 bits per heavy atom. The number of hydrogen-bond donors (Lipinski definition) is 1. The number of carbonyl (C=O) groups is 1. The van der Waals surface area contributed by atoms with Crippen LogP contribution in [-0.4, -0.2) is 34.6 Å². The summed E-state index contributed by atoms with van der Waals surface area (Å²) in [5, 5.41) is 7.99. The van der Waals surface area contributed by atoms with Crippen molar-refractivity contribution in [2.24, 2.45) is 5.73 Å². The van der Waals surface area contributed by atoms with Crippen molar-refractivity contribution in [3.05, 3.63) is 46.3 Å². The normalized spacial score (nSPS) is 10.7. The van der Waals surface area contributed by atoms with Gasteiger partial charge in [0.15, 0.2) is 5.69 Å². The van der Waals surface area contributed by atoms with Gasteiger partial charge in [-0.2, -0.15) is 0 Å². The van der Waals surface area contributed by atoms with Gasteiger partial charge in [0.25, 0.3) is 0 Å². The summed E-state index contributed by atoms with van der Waals surface area (Å²) in [6.45, 7) is 5.12. The van der Waals surface area contributed by atoms with Crippen molar-refractivity contribution in [1.29, 1.82) is 0 Å². The van der Waals surface area contributed by atoms with Crippen molar-refractivity contribution >= 4 is 5.97 Å². The highest BCUT2D eigenvalue weighted by atomic mass is 16.5. The fourth-order valence-corrected chi connectivity index (χ4v) is 2.17. The fraction of sp³-hybridized carbons (Fsp3) is 0.400. The largest absolute Gasteiger partial charge is 0.464 e. The molecule has 0 spiro atoms. The number of esters is 1. The fourth-order valence-electron chi connectivity index (χ4n) is 2.17. The lowest BCUT2D eigenvalue weighted by molar-refractivity contribution is 0.0592. The zero-order valence-electron chi connectivity index (χ0n) is 12.6. The highest BCUT2D eigenvalue weighted by Crippen LogP contribution is 2.14. The second-order valence-electron chi connectivity index (χ2n) is 4.99. The van der Waals surface area contributed by atoms with Gasteiger partial charge in [0.1, 0.15) is 0 Å². The Bertz CT molecular complexity index is 649. The molecule has 2 aromatic rings. The molecular weight excluding hydrogens is 268 g/mol. The van der Waals surface area contributed by atoms with E-state index in [4.69, 9.17) is 10.5 Å². The number of hydrogen-bond acceptors (Lipinski definition) is 5. The van der Waals surface area contributed by atoms with Crippen LogP contribution in [0.15, 0.2) is 18.2 Å². The van der Waals surface area contributed by atoms with Crippen LogP contribution in [0.4, 0.5) is 0 Å². The molecule has 6 nitrogen and oxygen atoms in total. The molecule has 1 aromatic carbocycles. The third-order valence-corrected chi connectivity index (χ3v) is 3.50. The number of carbonyl (C=O) groups excluding carboxylic acids is 1. The molecule has 0 saturated carbocycles. The predicted octanol–water partition coefficient (Wildman–Crippen LogP) is 1.23. The Morgan fingerprint density at radius 3 is 2.71 bits per heavy atom. The number of methoxy groups -OCH3 is 1. The topological polar surface area (TPSA) is 83.0 Å². The molecule has 0 aliphatic rings.